The highest BCUT2D eigenvalue weighted by molar-refractivity contribution is 7.89. The minimum atomic E-state index is -3.78. The summed E-state index contributed by atoms with van der Waals surface area (Å²) in [5.41, 5.74) is 6.80. The lowest BCUT2D eigenvalue weighted by Crippen LogP contribution is -2.26. The second-order valence-corrected chi connectivity index (χ2v) is 9.92. The van der Waals surface area contributed by atoms with Crippen molar-refractivity contribution in [1.29, 1.82) is 0 Å². The van der Waals surface area contributed by atoms with Gasteiger partial charge < -0.3 is 4.84 Å². The van der Waals surface area contributed by atoms with Gasteiger partial charge in [0.25, 0.3) is 10.0 Å². The molecule has 6 heteroatoms. The SMILES string of the molecule is CC(C)Cc1ccc(-c2ccccc2S(=O)(=O)NC2=C3CCCCC3NO2)cc1. The van der Waals surface area contributed by atoms with E-state index in [-0.39, 0.29) is 10.9 Å². The number of hydrogen-bond donors (Lipinski definition) is 2. The van der Waals surface area contributed by atoms with E-state index in [0.29, 0.717) is 17.4 Å². The lowest BCUT2D eigenvalue weighted by Gasteiger charge is -2.17. The summed E-state index contributed by atoms with van der Waals surface area (Å²) >= 11 is 0. The third-order valence-electron chi connectivity index (χ3n) is 5.52. The fourth-order valence-corrected chi connectivity index (χ4v) is 5.36. The van der Waals surface area contributed by atoms with Gasteiger partial charge in [0.1, 0.15) is 0 Å². The molecule has 1 aliphatic heterocycles. The molecule has 1 fully saturated rings. The summed E-state index contributed by atoms with van der Waals surface area (Å²) in [4.78, 5) is 5.75. The van der Waals surface area contributed by atoms with Crippen molar-refractivity contribution in [2.75, 3.05) is 0 Å². The lowest BCUT2D eigenvalue weighted by atomic mass is 9.91. The van der Waals surface area contributed by atoms with E-state index in [1.807, 2.05) is 24.3 Å². The van der Waals surface area contributed by atoms with E-state index < -0.39 is 10.0 Å². The smallest absolute Gasteiger partial charge is 0.264 e. The van der Waals surface area contributed by atoms with E-state index in [4.69, 9.17) is 4.84 Å². The van der Waals surface area contributed by atoms with Gasteiger partial charge in [0, 0.05) is 11.1 Å². The number of rotatable bonds is 6. The third kappa shape index (κ3) is 4.33. The summed E-state index contributed by atoms with van der Waals surface area (Å²) < 4.78 is 29.1. The Morgan fingerprint density at radius 2 is 1.86 bits per heavy atom. The Balaban J connectivity index is 1.64. The predicted molar refractivity (Wildman–Crippen MR) is 114 cm³/mol. The van der Waals surface area contributed by atoms with E-state index in [2.05, 4.69) is 36.2 Å². The second kappa shape index (κ2) is 8.20. The van der Waals surface area contributed by atoms with Gasteiger partial charge in [0.05, 0.1) is 10.9 Å². The van der Waals surface area contributed by atoms with Crippen LogP contribution in [-0.2, 0) is 21.3 Å². The van der Waals surface area contributed by atoms with Crippen LogP contribution in [-0.4, -0.2) is 14.5 Å². The molecule has 0 saturated heterocycles. The van der Waals surface area contributed by atoms with Gasteiger partial charge in [-0.1, -0.05) is 62.7 Å². The Bertz CT molecular complexity index is 1010. The van der Waals surface area contributed by atoms with E-state index in [0.717, 1.165) is 43.2 Å². The van der Waals surface area contributed by atoms with Crippen molar-refractivity contribution < 1.29 is 13.3 Å². The predicted octanol–water partition coefficient (Wildman–Crippen LogP) is 4.52. The van der Waals surface area contributed by atoms with Gasteiger partial charge in [-0.3, -0.25) is 0 Å². The molecule has 2 N–H and O–H groups in total. The zero-order chi connectivity index (χ0) is 20.4. The van der Waals surface area contributed by atoms with Crippen LogP contribution in [0.4, 0.5) is 0 Å². The monoisotopic (exact) mass is 412 g/mol. The van der Waals surface area contributed by atoms with E-state index in [1.54, 1.807) is 12.1 Å². The maximum absolute atomic E-state index is 13.2. The summed E-state index contributed by atoms with van der Waals surface area (Å²) in [6.45, 7) is 4.38. The molecule has 29 heavy (non-hydrogen) atoms. The van der Waals surface area contributed by atoms with Gasteiger partial charge in [-0.05, 0) is 48.8 Å². The number of fused-ring (bicyclic) bond motifs is 1. The largest absolute Gasteiger partial charge is 0.389 e. The molecule has 0 spiro atoms. The first-order valence-corrected chi connectivity index (χ1v) is 11.8. The fraction of sp³-hybridized carbons (Fsp3) is 0.391. The van der Waals surface area contributed by atoms with Crippen molar-refractivity contribution in [3.63, 3.8) is 0 Å². The van der Waals surface area contributed by atoms with Crippen molar-refractivity contribution in [2.24, 2.45) is 5.92 Å². The minimum absolute atomic E-state index is 0.116. The minimum Gasteiger partial charge on any atom is -0.389 e. The molecule has 1 heterocycles. The quantitative estimate of drug-likeness (QED) is 0.732. The molecule has 0 radical (unpaired) electrons. The Labute approximate surface area is 173 Å². The highest BCUT2D eigenvalue weighted by Crippen LogP contribution is 2.32. The Morgan fingerprint density at radius 1 is 1.10 bits per heavy atom. The van der Waals surface area contributed by atoms with Crippen LogP contribution in [0.3, 0.4) is 0 Å². The Hall–Kier alpha value is -2.31. The average Bonchev–Trinajstić information content (AvgIpc) is 3.11. The van der Waals surface area contributed by atoms with Crippen molar-refractivity contribution >= 4 is 10.0 Å². The Kier molecular flexibility index (Phi) is 5.65. The summed E-state index contributed by atoms with van der Waals surface area (Å²) in [7, 11) is -3.78. The second-order valence-electron chi connectivity index (χ2n) is 8.27. The zero-order valence-corrected chi connectivity index (χ0v) is 17.8. The number of hydrogen-bond acceptors (Lipinski definition) is 4. The maximum Gasteiger partial charge on any atom is 0.264 e. The molecule has 1 saturated carbocycles. The van der Waals surface area contributed by atoms with Gasteiger partial charge in [-0.15, -0.1) is 5.48 Å². The average molecular weight is 413 g/mol. The highest BCUT2D eigenvalue weighted by atomic mass is 32.2. The molecule has 0 aromatic heterocycles. The third-order valence-corrected chi connectivity index (χ3v) is 6.91. The van der Waals surface area contributed by atoms with Crippen LogP contribution in [0.1, 0.15) is 45.1 Å². The molecule has 154 valence electrons. The van der Waals surface area contributed by atoms with Crippen molar-refractivity contribution in [3.8, 4) is 11.1 Å². The van der Waals surface area contributed by atoms with Gasteiger partial charge in [-0.25, -0.2) is 13.1 Å². The first-order valence-electron chi connectivity index (χ1n) is 10.3. The number of sulfonamides is 1. The van der Waals surface area contributed by atoms with E-state index in [9.17, 15) is 8.42 Å². The molecule has 5 nitrogen and oxygen atoms in total. The highest BCUT2D eigenvalue weighted by Gasteiger charge is 2.32. The molecule has 1 unspecified atom stereocenters. The summed E-state index contributed by atoms with van der Waals surface area (Å²) in [6.07, 6.45) is 5.01. The molecule has 2 aromatic rings. The molecular formula is C23H28N2O3S. The Morgan fingerprint density at radius 3 is 2.62 bits per heavy atom. The van der Waals surface area contributed by atoms with Gasteiger partial charge in [0.2, 0.25) is 5.88 Å². The van der Waals surface area contributed by atoms with Crippen molar-refractivity contribution in [3.05, 3.63) is 65.6 Å². The molecule has 4 rings (SSSR count). The zero-order valence-electron chi connectivity index (χ0n) is 16.9. The first kappa shape index (κ1) is 20.0. The van der Waals surface area contributed by atoms with Crippen LogP contribution in [0.2, 0.25) is 0 Å². The molecular weight excluding hydrogens is 384 g/mol. The lowest BCUT2D eigenvalue weighted by molar-refractivity contribution is 0.106. The molecule has 1 atom stereocenters. The van der Waals surface area contributed by atoms with E-state index in [1.165, 1.54) is 5.56 Å². The normalized spacial score (nSPS) is 19.2. The van der Waals surface area contributed by atoms with Crippen LogP contribution in [0, 0.1) is 5.92 Å². The van der Waals surface area contributed by atoms with Crippen LogP contribution in [0.25, 0.3) is 11.1 Å². The van der Waals surface area contributed by atoms with Gasteiger partial charge in [0.15, 0.2) is 0 Å². The molecule has 2 aliphatic rings. The maximum atomic E-state index is 13.2. The van der Waals surface area contributed by atoms with Gasteiger partial charge >= 0.3 is 0 Å². The van der Waals surface area contributed by atoms with Crippen molar-refractivity contribution in [1.82, 2.24) is 10.2 Å². The van der Waals surface area contributed by atoms with Crippen LogP contribution in [0.15, 0.2) is 64.9 Å². The standard InChI is InChI=1S/C23H28N2O3S/c1-16(2)15-17-11-13-18(14-12-17)19-7-4-6-10-22(19)29(26,27)25-23-20-8-3-5-9-21(20)24-28-23/h4,6-7,10-14,16,21,24-25H,3,5,8-9,15H2,1-2H3. The summed E-state index contributed by atoms with van der Waals surface area (Å²) in [5.74, 6) is 0.924. The number of hydroxylamine groups is 1. The molecule has 0 bridgehead atoms. The van der Waals surface area contributed by atoms with Crippen LogP contribution >= 0.6 is 0 Å². The number of benzene rings is 2. The number of nitrogens with one attached hydrogen (secondary N) is 2. The molecule has 1 aliphatic carbocycles. The molecule has 0 amide bonds. The first-order chi connectivity index (χ1) is 13.9. The van der Waals surface area contributed by atoms with Crippen molar-refractivity contribution in [2.45, 2.75) is 56.9 Å². The summed E-state index contributed by atoms with van der Waals surface area (Å²) in [6, 6.07) is 15.4. The summed E-state index contributed by atoms with van der Waals surface area (Å²) in [5, 5.41) is 0. The van der Waals surface area contributed by atoms with Crippen LogP contribution < -0.4 is 10.2 Å². The fourth-order valence-electron chi connectivity index (χ4n) is 4.10. The van der Waals surface area contributed by atoms with Crippen LogP contribution in [0.5, 0.6) is 0 Å². The van der Waals surface area contributed by atoms with E-state index >= 15 is 0 Å². The molecule has 2 aromatic carbocycles. The topological polar surface area (TPSA) is 67.4 Å². The van der Waals surface area contributed by atoms with Gasteiger partial charge in [-0.2, -0.15) is 0 Å².